The molecule has 0 spiro atoms. The van der Waals surface area contributed by atoms with Crippen LogP contribution in [0.5, 0.6) is 0 Å². The minimum Gasteiger partial charge on any atom is -0.300 e. The van der Waals surface area contributed by atoms with Gasteiger partial charge in [0.15, 0.2) is 10.8 Å². The first-order valence-corrected chi connectivity index (χ1v) is 6.22. The van der Waals surface area contributed by atoms with Gasteiger partial charge in [-0.3, -0.25) is 4.79 Å². The predicted molar refractivity (Wildman–Crippen MR) is 64.6 cm³/mol. The Labute approximate surface area is 112 Å². The Morgan fingerprint density at radius 1 is 1.16 bits per heavy atom. The van der Waals surface area contributed by atoms with Crippen molar-refractivity contribution in [3.63, 3.8) is 0 Å². The van der Waals surface area contributed by atoms with Crippen molar-refractivity contribution >= 4 is 5.78 Å². The van der Waals surface area contributed by atoms with Crippen LogP contribution in [0.3, 0.4) is 0 Å². The second-order valence-corrected chi connectivity index (χ2v) is 4.92. The lowest BCUT2D eigenvalue weighted by Gasteiger charge is -2.41. The molecule has 1 aliphatic carbocycles. The molecule has 0 amide bonds. The lowest BCUT2D eigenvalue weighted by atomic mass is 9.52. The average molecular weight is 254 g/mol. The summed E-state index contributed by atoms with van der Waals surface area (Å²) < 4.78 is 0. The molecular formula is C14H14N4O. The van der Waals surface area contributed by atoms with Crippen LogP contribution in [-0.2, 0) is 4.79 Å². The number of carbonyl (C=O) groups is 1. The molecule has 1 fully saturated rings. The Morgan fingerprint density at radius 2 is 1.74 bits per heavy atom. The van der Waals surface area contributed by atoms with Crippen LogP contribution >= 0.6 is 0 Å². The van der Waals surface area contributed by atoms with Gasteiger partial charge in [-0.15, -0.1) is 0 Å². The fraction of sp³-hybridized carbons (Fsp3) is 0.643. The van der Waals surface area contributed by atoms with Crippen molar-refractivity contribution in [2.75, 3.05) is 0 Å². The molecular weight excluding hydrogens is 240 g/mol. The normalized spacial score (nSPS) is 23.4. The van der Waals surface area contributed by atoms with Crippen LogP contribution in [0.4, 0.5) is 0 Å². The molecule has 0 aliphatic heterocycles. The molecule has 0 bridgehead atoms. The molecule has 0 aromatic rings. The van der Waals surface area contributed by atoms with Crippen LogP contribution in [0.25, 0.3) is 0 Å². The van der Waals surface area contributed by atoms with Crippen LogP contribution in [0.15, 0.2) is 0 Å². The van der Waals surface area contributed by atoms with Crippen molar-refractivity contribution in [1.82, 2.24) is 0 Å². The van der Waals surface area contributed by atoms with Crippen LogP contribution in [0, 0.1) is 62.1 Å². The molecule has 0 unspecified atom stereocenters. The van der Waals surface area contributed by atoms with Gasteiger partial charge < -0.3 is 0 Å². The van der Waals surface area contributed by atoms with Gasteiger partial charge in [0.1, 0.15) is 5.78 Å². The van der Waals surface area contributed by atoms with E-state index in [1.807, 2.05) is 19.1 Å². The monoisotopic (exact) mass is 254 g/mol. The number of ketones is 1. The maximum Gasteiger partial charge on any atom is 0.182 e. The fourth-order valence-corrected chi connectivity index (χ4v) is 2.73. The van der Waals surface area contributed by atoms with Gasteiger partial charge in [-0.25, -0.2) is 0 Å². The van der Waals surface area contributed by atoms with Crippen molar-refractivity contribution in [2.45, 2.75) is 39.0 Å². The summed E-state index contributed by atoms with van der Waals surface area (Å²) >= 11 is 0. The van der Waals surface area contributed by atoms with E-state index in [2.05, 4.69) is 0 Å². The van der Waals surface area contributed by atoms with Crippen LogP contribution in [-0.4, -0.2) is 5.78 Å². The van der Waals surface area contributed by atoms with Gasteiger partial charge in [0.25, 0.3) is 0 Å². The molecule has 5 heteroatoms. The van der Waals surface area contributed by atoms with Crippen molar-refractivity contribution in [2.24, 2.45) is 16.7 Å². The highest BCUT2D eigenvalue weighted by atomic mass is 16.1. The number of rotatable bonds is 3. The van der Waals surface area contributed by atoms with Gasteiger partial charge >= 0.3 is 0 Å². The van der Waals surface area contributed by atoms with E-state index in [-0.39, 0.29) is 18.6 Å². The first kappa shape index (κ1) is 14.7. The van der Waals surface area contributed by atoms with Gasteiger partial charge in [0.05, 0.1) is 24.3 Å². The topological polar surface area (TPSA) is 112 Å². The van der Waals surface area contributed by atoms with Gasteiger partial charge in [-0.05, 0) is 6.42 Å². The molecule has 0 aromatic heterocycles. The minimum absolute atomic E-state index is 0.103. The van der Waals surface area contributed by atoms with Gasteiger partial charge in [0, 0.05) is 18.8 Å². The second kappa shape index (κ2) is 5.51. The fourth-order valence-electron chi connectivity index (χ4n) is 2.73. The molecule has 19 heavy (non-hydrogen) atoms. The van der Waals surface area contributed by atoms with Gasteiger partial charge in [-0.1, -0.05) is 19.8 Å². The molecule has 1 atom stereocenters. The summed E-state index contributed by atoms with van der Waals surface area (Å²) in [4.78, 5) is 11.8. The predicted octanol–water partition coefficient (Wildman–Crippen LogP) is 2.22. The summed E-state index contributed by atoms with van der Waals surface area (Å²) in [6.45, 7) is 1.97. The standard InChI is InChI=1S/C14H14N4O/c1-2-3-4-11-5-12(19)6-13(7-15,8-16)14(11,9-17)10-18/h11H,2-6H2,1H3/t11-/m0/s1. The van der Waals surface area contributed by atoms with Crippen molar-refractivity contribution in [3.8, 4) is 24.3 Å². The number of nitriles is 4. The number of hydrogen-bond donors (Lipinski definition) is 0. The number of carbonyl (C=O) groups excluding carboxylic acids is 1. The quantitative estimate of drug-likeness (QED) is 0.766. The maximum absolute atomic E-state index is 11.8. The van der Waals surface area contributed by atoms with E-state index in [1.54, 1.807) is 12.1 Å². The summed E-state index contributed by atoms with van der Waals surface area (Å²) in [5.41, 5.74) is -3.55. The van der Waals surface area contributed by atoms with E-state index < -0.39 is 16.7 Å². The van der Waals surface area contributed by atoms with E-state index in [4.69, 9.17) is 0 Å². The molecule has 0 saturated heterocycles. The minimum atomic E-state index is -1.84. The Hall–Kier alpha value is -2.37. The summed E-state index contributed by atoms with van der Waals surface area (Å²) in [5, 5.41) is 37.4. The third-order valence-electron chi connectivity index (χ3n) is 3.86. The van der Waals surface area contributed by atoms with Gasteiger partial charge in [-0.2, -0.15) is 21.0 Å². The zero-order valence-corrected chi connectivity index (χ0v) is 10.8. The van der Waals surface area contributed by atoms with Crippen LogP contribution in [0.1, 0.15) is 39.0 Å². The number of nitrogens with zero attached hydrogens (tertiary/aromatic N) is 4. The molecule has 96 valence electrons. The van der Waals surface area contributed by atoms with E-state index in [0.29, 0.717) is 6.42 Å². The molecule has 0 radical (unpaired) electrons. The Kier molecular flexibility index (Phi) is 4.26. The lowest BCUT2D eigenvalue weighted by Crippen LogP contribution is -2.50. The third kappa shape index (κ3) is 2.05. The molecule has 1 rings (SSSR count). The number of Topliss-reactive ketones (excluding diaryl/α,β-unsaturated/α-hetero) is 1. The molecule has 0 heterocycles. The summed E-state index contributed by atoms with van der Waals surface area (Å²) in [6.07, 6.45) is 1.91. The van der Waals surface area contributed by atoms with E-state index in [0.717, 1.165) is 12.8 Å². The highest BCUT2D eigenvalue weighted by molar-refractivity contribution is 5.82. The first-order valence-electron chi connectivity index (χ1n) is 6.22. The summed E-state index contributed by atoms with van der Waals surface area (Å²) in [5.74, 6) is -0.756. The van der Waals surface area contributed by atoms with Gasteiger partial charge in [0.2, 0.25) is 0 Å². The highest BCUT2D eigenvalue weighted by Gasteiger charge is 2.62. The zero-order chi connectivity index (χ0) is 14.5. The summed E-state index contributed by atoms with van der Waals surface area (Å²) in [6, 6.07) is 7.30. The molecule has 0 aromatic carbocycles. The number of hydrogen-bond acceptors (Lipinski definition) is 5. The maximum atomic E-state index is 11.8. The summed E-state index contributed by atoms with van der Waals surface area (Å²) in [7, 11) is 0. The van der Waals surface area contributed by atoms with E-state index in [9.17, 15) is 25.8 Å². The second-order valence-electron chi connectivity index (χ2n) is 4.92. The lowest BCUT2D eigenvalue weighted by molar-refractivity contribution is -0.126. The Balaban J connectivity index is 3.38. The Bertz CT molecular complexity index is 510. The van der Waals surface area contributed by atoms with Crippen molar-refractivity contribution in [1.29, 1.82) is 21.0 Å². The SMILES string of the molecule is CCCC[C@H]1CC(=O)CC(C#N)(C#N)C1(C#N)C#N. The largest absolute Gasteiger partial charge is 0.300 e. The van der Waals surface area contributed by atoms with Crippen LogP contribution in [0.2, 0.25) is 0 Å². The zero-order valence-electron chi connectivity index (χ0n) is 10.8. The van der Waals surface area contributed by atoms with E-state index >= 15 is 0 Å². The molecule has 1 aliphatic rings. The van der Waals surface area contributed by atoms with Crippen LogP contribution < -0.4 is 0 Å². The average Bonchev–Trinajstić information content (AvgIpc) is 2.44. The Morgan fingerprint density at radius 3 is 2.16 bits per heavy atom. The molecule has 1 saturated carbocycles. The number of unbranched alkanes of at least 4 members (excludes halogenated alkanes) is 1. The van der Waals surface area contributed by atoms with Crippen molar-refractivity contribution < 1.29 is 4.79 Å². The highest BCUT2D eigenvalue weighted by Crippen LogP contribution is 2.53. The van der Waals surface area contributed by atoms with E-state index in [1.165, 1.54) is 0 Å². The third-order valence-corrected chi connectivity index (χ3v) is 3.86. The van der Waals surface area contributed by atoms with Crippen molar-refractivity contribution in [3.05, 3.63) is 0 Å². The first-order chi connectivity index (χ1) is 9.05. The molecule has 5 nitrogen and oxygen atoms in total. The smallest absolute Gasteiger partial charge is 0.182 e. The molecule has 0 N–H and O–H groups in total.